The number of likely N-dealkylation sites (N-methyl/N-ethyl adjacent to an activating group) is 1. The molecule has 0 fully saturated rings. The maximum Gasteiger partial charge on any atom is 0.410 e. The van der Waals surface area contributed by atoms with Gasteiger partial charge in [0, 0.05) is 19.6 Å². The van der Waals surface area contributed by atoms with E-state index in [0.717, 1.165) is 25.1 Å². The molecule has 4 nitrogen and oxygen atoms in total. The number of rotatable bonds is 7. The lowest BCUT2D eigenvalue weighted by Crippen LogP contribution is -2.37. The van der Waals surface area contributed by atoms with Gasteiger partial charge >= 0.3 is 6.09 Å². The van der Waals surface area contributed by atoms with Crippen molar-refractivity contribution in [3.63, 3.8) is 0 Å². The molecule has 1 aromatic carbocycles. The predicted octanol–water partition coefficient (Wildman–Crippen LogP) is 2.60. The van der Waals surface area contributed by atoms with Crippen molar-refractivity contribution in [3.8, 4) is 0 Å². The maximum absolute atomic E-state index is 12.0. The third-order valence-electron chi connectivity index (χ3n) is 2.77. The van der Waals surface area contributed by atoms with Gasteiger partial charge in [-0.1, -0.05) is 37.3 Å². The SMILES string of the molecule is CCCN(CCN(C)C)C(=O)OCc1ccccc1. The summed E-state index contributed by atoms with van der Waals surface area (Å²) in [6.45, 7) is 4.69. The van der Waals surface area contributed by atoms with E-state index in [0.29, 0.717) is 13.2 Å². The van der Waals surface area contributed by atoms with E-state index >= 15 is 0 Å². The summed E-state index contributed by atoms with van der Waals surface area (Å²) < 4.78 is 5.34. The van der Waals surface area contributed by atoms with Crippen molar-refractivity contribution in [2.24, 2.45) is 0 Å². The molecule has 0 unspecified atom stereocenters. The first-order chi connectivity index (χ1) is 9.13. The average molecular weight is 264 g/mol. The van der Waals surface area contributed by atoms with Crippen molar-refractivity contribution in [1.29, 1.82) is 0 Å². The first-order valence-electron chi connectivity index (χ1n) is 6.73. The zero-order valence-corrected chi connectivity index (χ0v) is 12.1. The Morgan fingerprint density at radius 3 is 2.37 bits per heavy atom. The summed E-state index contributed by atoms with van der Waals surface area (Å²) in [6, 6.07) is 9.75. The summed E-state index contributed by atoms with van der Waals surface area (Å²) >= 11 is 0. The minimum absolute atomic E-state index is 0.229. The number of carbonyl (C=O) groups is 1. The van der Waals surface area contributed by atoms with Crippen LogP contribution in [-0.4, -0.2) is 49.6 Å². The van der Waals surface area contributed by atoms with E-state index in [1.54, 1.807) is 4.90 Å². The monoisotopic (exact) mass is 264 g/mol. The molecular weight excluding hydrogens is 240 g/mol. The van der Waals surface area contributed by atoms with Gasteiger partial charge in [0.2, 0.25) is 0 Å². The highest BCUT2D eigenvalue weighted by Gasteiger charge is 2.14. The second kappa shape index (κ2) is 8.53. The van der Waals surface area contributed by atoms with Crippen LogP contribution >= 0.6 is 0 Å². The molecule has 0 aliphatic carbocycles. The van der Waals surface area contributed by atoms with Crippen LogP contribution in [0.3, 0.4) is 0 Å². The van der Waals surface area contributed by atoms with Crippen molar-refractivity contribution >= 4 is 6.09 Å². The number of hydrogen-bond acceptors (Lipinski definition) is 3. The van der Waals surface area contributed by atoms with Gasteiger partial charge in [0.15, 0.2) is 0 Å². The molecule has 0 saturated heterocycles. The smallest absolute Gasteiger partial charge is 0.410 e. The molecule has 19 heavy (non-hydrogen) atoms. The Bertz CT molecular complexity index is 366. The second-order valence-corrected chi connectivity index (χ2v) is 4.83. The molecule has 106 valence electrons. The third kappa shape index (κ3) is 6.25. The maximum atomic E-state index is 12.0. The van der Waals surface area contributed by atoms with E-state index < -0.39 is 0 Å². The number of benzene rings is 1. The minimum Gasteiger partial charge on any atom is -0.445 e. The molecule has 4 heteroatoms. The fraction of sp³-hybridized carbons (Fsp3) is 0.533. The Labute approximate surface area is 116 Å². The van der Waals surface area contributed by atoms with Crippen LogP contribution in [0.25, 0.3) is 0 Å². The Kier molecular flexibility index (Phi) is 6.97. The largest absolute Gasteiger partial charge is 0.445 e. The van der Waals surface area contributed by atoms with Crippen molar-refractivity contribution in [3.05, 3.63) is 35.9 Å². The minimum atomic E-state index is -0.229. The van der Waals surface area contributed by atoms with E-state index in [2.05, 4.69) is 11.8 Å². The number of ether oxygens (including phenoxy) is 1. The quantitative estimate of drug-likeness (QED) is 0.759. The normalized spacial score (nSPS) is 10.5. The molecule has 0 N–H and O–H groups in total. The molecule has 0 atom stereocenters. The Morgan fingerprint density at radius 2 is 1.79 bits per heavy atom. The van der Waals surface area contributed by atoms with Crippen LogP contribution in [0.5, 0.6) is 0 Å². The predicted molar refractivity (Wildman–Crippen MR) is 77.0 cm³/mol. The molecule has 0 aliphatic heterocycles. The van der Waals surface area contributed by atoms with E-state index in [4.69, 9.17) is 4.74 Å². The number of hydrogen-bond donors (Lipinski definition) is 0. The van der Waals surface area contributed by atoms with Gasteiger partial charge in [0.1, 0.15) is 6.61 Å². The van der Waals surface area contributed by atoms with Gasteiger partial charge in [-0.05, 0) is 26.1 Å². The van der Waals surface area contributed by atoms with Crippen LogP contribution in [-0.2, 0) is 11.3 Å². The van der Waals surface area contributed by atoms with Crippen molar-refractivity contribution in [2.75, 3.05) is 33.7 Å². The molecular formula is C15H24N2O2. The Balaban J connectivity index is 2.43. The van der Waals surface area contributed by atoms with Crippen LogP contribution in [0.1, 0.15) is 18.9 Å². The van der Waals surface area contributed by atoms with Crippen molar-refractivity contribution < 1.29 is 9.53 Å². The molecule has 0 bridgehead atoms. The zero-order chi connectivity index (χ0) is 14.1. The molecule has 0 aromatic heterocycles. The highest BCUT2D eigenvalue weighted by molar-refractivity contribution is 5.67. The lowest BCUT2D eigenvalue weighted by Gasteiger charge is -2.23. The van der Waals surface area contributed by atoms with E-state index in [-0.39, 0.29) is 6.09 Å². The Morgan fingerprint density at radius 1 is 1.11 bits per heavy atom. The summed E-state index contributed by atoms with van der Waals surface area (Å²) in [4.78, 5) is 15.8. The molecule has 0 spiro atoms. The number of carbonyl (C=O) groups excluding carboxylic acids is 1. The summed E-state index contributed by atoms with van der Waals surface area (Å²) in [7, 11) is 4.00. The van der Waals surface area contributed by atoms with Crippen LogP contribution in [0.15, 0.2) is 30.3 Å². The summed E-state index contributed by atoms with van der Waals surface area (Å²) in [6.07, 6.45) is 0.709. The third-order valence-corrected chi connectivity index (χ3v) is 2.77. The van der Waals surface area contributed by atoms with Crippen LogP contribution in [0, 0.1) is 0 Å². The fourth-order valence-electron chi connectivity index (χ4n) is 1.70. The molecule has 0 heterocycles. The summed E-state index contributed by atoms with van der Waals surface area (Å²) in [5, 5.41) is 0. The lowest BCUT2D eigenvalue weighted by atomic mass is 10.2. The molecule has 1 amide bonds. The first-order valence-corrected chi connectivity index (χ1v) is 6.73. The summed E-state index contributed by atoms with van der Waals surface area (Å²) in [5.74, 6) is 0. The van der Waals surface area contributed by atoms with Crippen LogP contribution in [0.4, 0.5) is 4.79 Å². The zero-order valence-electron chi connectivity index (χ0n) is 12.1. The second-order valence-electron chi connectivity index (χ2n) is 4.83. The van der Waals surface area contributed by atoms with Gasteiger partial charge in [0.25, 0.3) is 0 Å². The van der Waals surface area contributed by atoms with Crippen molar-refractivity contribution in [2.45, 2.75) is 20.0 Å². The van der Waals surface area contributed by atoms with Gasteiger partial charge in [-0.25, -0.2) is 4.79 Å². The van der Waals surface area contributed by atoms with Gasteiger partial charge < -0.3 is 14.5 Å². The highest BCUT2D eigenvalue weighted by atomic mass is 16.6. The van der Waals surface area contributed by atoms with E-state index in [1.807, 2.05) is 44.4 Å². The van der Waals surface area contributed by atoms with Gasteiger partial charge in [-0.3, -0.25) is 0 Å². The lowest BCUT2D eigenvalue weighted by molar-refractivity contribution is 0.0936. The molecule has 1 rings (SSSR count). The van der Waals surface area contributed by atoms with Gasteiger partial charge in [0.05, 0.1) is 0 Å². The average Bonchev–Trinajstić information content (AvgIpc) is 2.41. The van der Waals surface area contributed by atoms with Gasteiger partial charge in [-0.2, -0.15) is 0 Å². The highest BCUT2D eigenvalue weighted by Crippen LogP contribution is 2.04. The van der Waals surface area contributed by atoms with E-state index in [9.17, 15) is 4.79 Å². The van der Waals surface area contributed by atoms with Gasteiger partial charge in [-0.15, -0.1) is 0 Å². The summed E-state index contributed by atoms with van der Waals surface area (Å²) in [5.41, 5.74) is 1.01. The molecule has 0 aliphatic rings. The number of amides is 1. The molecule has 0 radical (unpaired) electrons. The molecule has 1 aromatic rings. The van der Waals surface area contributed by atoms with Crippen LogP contribution < -0.4 is 0 Å². The fourth-order valence-corrected chi connectivity index (χ4v) is 1.70. The van der Waals surface area contributed by atoms with Crippen LogP contribution in [0.2, 0.25) is 0 Å². The Hall–Kier alpha value is -1.55. The van der Waals surface area contributed by atoms with E-state index in [1.165, 1.54) is 0 Å². The molecule has 0 saturated carbocycles. The topological polar surface area (TPSA) is 32.8 Å². The number of nitrogens with zero attached hydrogens (tertiary/aromatic N) is 2. The van der Waals surface area contributed by atoms with Crippen molar-refractivity contribution in [1.82, 2.24) is 9.80 Å². The first kappa shape index (κ1) is 15.5. The standard InChI is InChI=1S/C15H24N2O2/c1-4-10-17(12-11-16(2)3)15(18)19-13-14-8-6-5-7-9-14/h5-9H,4,10-13H2,1-3H3.